The number of ether oxygens (including phenoxy) is 1. The lowest BCUT2D eigenvalue weighted by molar-refractivity contribution is -0.123. The average molecular weight is 237 g/mol. The number of nitrogens with one attached hydrogen (secondary N) is 1. The minimum absolute atomic E-state index is 0. The van der Waals surface area contributed by atoms with Gasteiger partial charge in [0, 0.05) is 12.5 Å². The number of primary amides is 1. The van der Waals surface area contributed by atoms with E-state index < -0.39 is 0 Å². The highest BCUT2D eigenvalue weighted by Crippen LogP contribution is 2.25. The fourth-order valence-electron chi connectivity index (χ4n) is 1.84. The van der Waals surface area contributed by atoms with Crippen molar-refractivity contribution in [3.63, 3.8) is 0 Å². The first-order valence-electron chi connectivity index (χ1n) is 5.29. The second-order valence-electron chi connectivity index (χ2n) is 3.85. The molecule has 0 heterocycles. The Morgan fingerprint density at radius 2 is 2.00 bits per heavy atom. The van der Waals surface area contributed by atoms with Crippen LogP contribution in [0.2, 0.25) is 0 Å². The first-order valence-corrected chi connectivity index (χ1v) is 5.29. The van der Waals surface area contributed by atoms with E-state index in [0.29, 0.717) is 6.10 Å². The molecule has 0 saturated heterocycles. The molecule has 0 radical (unpaired) electrons. The van der Waals surface area contributed by atoms with Crippen LogP contribution in [0.5, 0.6) is 0 Å². The highest BCUT2D eigenvalue weighted by molar-refractivity contribution is 5.85. The molecule has 5 heteroatoms. The molecule has 1 aliphatic carbocycles. The summed E-state index contributed by atoms with van der Waals surface area (Å²) in [6, 6.07) is 0. The highest BCUT2D eigenvalue weighted by atomic mass is 35.5. The summed E-state index contributed by atoms with van der Waals surface area (Å²) in [5.41, 5.74) is 5.24. The fourth-order valence-corrected chi connectivity index (χ4v) is 1.84. The summed E-state index contributed by atoms with van der Waals surface area (Å²) < 4.78 is 5.64. The molecule has 1 fully saturated rings. The second-order valence-corrected chi connectivity index (χ2v) is 3.85. The van der Waals surface area contributed by atoms with Crippen molar-refractivity contribution in [2.45, 2.75) is 31.8 Å². The first-order chi connectivity index (χ1) is 6.74. The van der Waals surface area contributed by atoms with Gasteiger partial charge in [-0.3, -0.25) is 4.79 Å². The van der Waals surface area contributed by atoms with Crippen LogP contribution in [-0.2, 0) is 9.53 Å². The van der Waals surface area contributed by atoms with Crippen LogP contribution in [0.15, 0.2) is 0 Å². The molecule has 1 saturated carbocycles. The zero-order chi connectivity index (χ0) is 10.4. The van der Waals surface area contributed by atoms with Crippen LogP contribution < -0.4 is 11.1 Å². The van der Waals surface area contributed by atoms with E-state index in [1.165, 1.54) is 0 Å². The summed E-state index contributed by atoms with van der Waals surface area (Å²) in [5.74, 6) is -0.0715. The summed E-state index contributed by atoms with van der Waals surface area (Å²) in [7, 11) is 1.91. The number of amides is 1. The summed E-state index contributed by atoms with van der Waals surface area (Å²) in [6.45, 7) is 1.64. The van der Waals surface area contributed by atoms with Gasteiger partial charge < -0.3 is 15.8 Å². The topological polar surface area (TPSA) is 64.3 Å². The molecule has 0 bridgehead atoms. The predicted molar refractivity (Wildman–Crippen MR) is 62.1 cm³/mol. The lowest BCUT2D eigenvalue weighted by atomic mass is 9.87. The summed E-state index contributed by atoms with van der Waals surface area (Å²) in [5, 5.41) is 3.04. The van der Waals surface area contributed by atoms with E-state index in [-0.39, 0.29) is 24.2 Å². The Hall–Kier alpha value is -0.320. The summed E-state index contributed by atoms with van der Waals surface area (Å²) >= 11 is 0. The molecule has 3 N–H and O–H groups in total. The first kappa shape index (κ1) is 14.7. The van der Waals surface area contributed by atoms with Crippen LogP contribution in [0.1, 0.15) is 25.7 Å². The molecule has 0 unspecified atom stereocenters. The highest BCUT2D eigenvalue weighted by Gasteiger charge is 2.24. The van der Waals surface area contributed by atoms with E-state index >= 15 is 0 Å². The lowest BCUT2D eigenvalue weighted by Gasteiger charge is -2.26. The molecule has 0 spiro atoms. The standard InChI is InChI=1S/C10H20N2O2.ClH/c1-12-6-7-14-9-4-2-8(3-5-9)10(11)13;/h8-9,12H,2-7H2,1H3,(H2,11,13);1H. The van der Waals surface area contributed by atoms with Crippen molar-refractivity contribution in [2.75, 3.05) is 20.2 Å². The van der Waals surface area contributed by atoms with Crippen LogP contribution in [-0.4, -0.2) is 32.2 Å². The van der Waals surface area contributed by atoms with Gasteiger partial charge in [-0.2, -0.15) is 0 Å². The number of rotatable bonds is 5. The van der Waals surface area contributed by atoms with E-state index in [0.717, 1.165) is 38.8 Å². The molecule has 90 valence electrons. The fraction of sp³-hybridized carbons (Fsp3) is 0.900. The Labute approximate surface area is 97.3 Å². The molecule has 0 aromatic rings. The van der Waals surface area contributed by atoms with Gasteiger partial charge in [0.2, 0.25) is 5.91 Å². The predicted octanol–water partition coefficient (Wildman–Crippen LogP) is 0.688. The molecule has 4 nitrogen and oxygen atoms in total. The molecule has 1 amide bonds. The zero-order valence-corrected chi connectivity index (χ0v) is 10.0. The Morgan fingerprint density at radius 1 is 1.40 bits per heavy atom. The second kappa shape index (κ2) is 7.91. The average Bonchev–Trinajstić information content (AvgIpc) is 2.19. The van der Waals surface area contributed by atoms with Gasteiger partial charge in [0.25, 0.3) is 0 Å². The van der Waals surface area contributed by atoms with Crippen LogP contribution in [0.3, 0.4) is 0 Å². The number of carbonyl (C=O) groups excluding carboxylic acids is 1. The Kier molecular flexibility index (Phi) is 7.74. The van der Waals surface area contributed by atoms with E-state index in [1.807, 2.05) is 7.05 Å². The number of hydrogen-bond donors (Lipinski definition) is 2. The molecule has 0 atom stereocenters. The molecular weight excluding hydrogens is 216 g/mol. The van der Waals surface area contributed by atoms with Gasteiger partial charge in [0.15, 0.2) is 0 Å². The lowest BCUT2D eigenvalue weighted by Crippen LogP contribution is -2.31. The van der Waals surface area contributed by atoms with Gasteiger partial charge in [-0.1, -0.05) is 0 Å². The normalized spacial score (nSPS) is 25.7. The van der Waals surface area contributed by atoms with Gasteiger partial charge in [0.1, 0.15) is 0 Å². The Balaban J connectivity index is 0.00000196. The summed E-state index contributed by atoms with van der Waals surface area (Å²) in [6.07, 6.45) is 4.05. The van der Waals surface area contributed by atoms with Crippen LogP contribution >= 0.6 is 12.4 Å². The van der Waals surface area contributed by atoms with Gasteiger partial charge >= 0.3 is 0 Å². The van der Waals surface area contributed by atoms with E-state index in [9.17, 15) is 4.79 Å². The van der Waals surface area contributed by atoms with Crippen LogP contribution in [0.25, 0.3) is 0 Å². The van der Waals surface area contributed by atoms with E-state index in [2.05, 4.69) is 5.32 Å². The Bertz CT molecular complexity index is 182. The number of halogens is 1. The minimum atomic E-state index is -0.154. The minimum Gasteiger partial charge on any atom is -0.377 e. The van der Waals surface area contributed by atoms with Crippen molar-refractivity contribution in [1.29, 1.82) is 0 Å². The van der Waals surface area contributed by atoms with Gasteiger partial charge in [0.05, 0.1) is 12.7 Å². The molecule has 1 rings (SSSR count). The molecule has 0 aliphatic heterocycles. The number of likely N-dealkylation sites (N-methyl/N-ethyl adjacent to an activating group) is 1. The quantitative estimate of drug-likeness (QED) is 0.691. The van der Waals surface area contributed by atoms with Gasteiger partial charge in [-0.25, -0.2) is 0 Å². The molecule has 15 heavy (non-hydrogen) atoms. The monoisotopic (exact) mass is 236 g/mol. The van der Waals surface area contributed by atoms with Crippen LogP contribution in [0.4, 0.5) is 0 Å². The maximum Gasteiger partial charge on any atom is 0.220 e. The molecule has 0 aromatic carbocycles. The maximum atomic E-state index is 10.9. The largest absolute Gasteiger partial charge is 0.377 e. The van der Waals surface area contributed by atoms with Crippen molar-refractivity contribution in [3.05, 3.63) is 0 Å². The van der Waals surface area contributed by atoms with Crippen molar-refractivity contribution in [2.24, 2.45) is 11.7 Å². The van der Waals surface area contributed by atoms with Crippen molar-refractivity contribution >= 4 is 18.3 Å². The third-order valence-electron chi connectivity index (χ3n) is 2.78. The molecule has 0 aromatic heterocycles. The maximum absolute atomic E-state index is 10.9. The number of nitrogens with two attached hydrogens (primary N) is 1. The SMILES string of the molecule is CNCCOC1CCC(C(N)=O)CC1.Cl. The van der Waals surface area contributed by atoms with Crippen LogP contribution in [0, 0.1) is 5.92 Å². The number of hydrogen-bond acceptors (Lipinski definition) is 3. The molecular formula is C10H21ClN2O2. The van der Waals surface area contributed by atoms with Crippen molar-refractivity contribution in [1.82, 2.24) is 5.32 Å². The third-order valence-corrected chi connectivity index (χ3v) is 2.78. The number of carbonyl (C=O) groups is 1. The zero-order valence-electron chi connectivity index (χ0n) is 9.20. The smallest absolute Gasteiger partial charge is 0.220 e. The van der Waals surface area contributed by atoms with E-state index in [4.69, 9.17) is 10.5 Å². The van der Waals surface area contributed by atoms with Gasteiger partial charge in [-0.15, -0.1) is 12.4 Å². The van der Waals surface area contributed by atoms with Crippen molar-refractivity contribution in [3.8, 4) is 0 Å². The van der Waals surface area contributed by atoms with E-state index in [1.54, 1.807) is 0 Å². The molecule has 1 aliphatic rings. The Morgan fingerprint density at radius 3 is 2.47 bits per heavy atom. The summed E-state index contributed by atoms with van der Waals surface area (Å²) in [4.78, 5) is 10.9. The van der Waals surface area contributed by atoms with Crippen molar-refractivity contribution < 1.29 is 9.53 Å². The third kappa shape index (κ3) is 5.35. The van der Waals surface area contributed by atoms with Gasteiger partial charge in [-0.05, 0) is 32.7 Å².